The Morgan fingerprint density at radius 3 is 2.90 bits per heavy atom. The minimum atomic E-state index is 0. The number of nitrogens with zero attached hydrogens (tertiary/aromatic N) is 1. The van der Waals surface area contributed by atoms with Crippen LogP contribution < -0.4 is 15.2 Å². The van der Waals surface area contributed by atoms with Gasteiger partial charge in [-0.2, -0.15) is 0 Å². The van der Waals surface area contributed by atoms with E-state index in [0.29, 0.717) is 29.5 Å². The van der Waals surface area contributed by atoms with Crippen molar-refractivity contribution in [3.05, 3.63) is 23.8 Å². The molecule has 1 amide bonds. The van der Waals surface area contributed by atoms with Gasteiger partial charge in [-0.15, -0.1) is 12.4 Å². The number of rotatable bonds is 2. The smallest absolute Gasteiger partial charge is 0.254 e. The highest BCUT2D eigenvalue weighted by Crippen LogP contribution is 2.33. The molecule has 1 aromatic rings. The molecule has 2 N–H and O–H groups in total. The van der Waals surface area contributed by atoms with Crippen LogP contribution in [-0.4, -0.2) is 36.7 Å². The lowest BCUT2D eigenvalue weighted by Gasteiger charge is -2.38. The van der Waals surface area contributed by atoms with Crippen molar-refractivity contribution in [1.82, 2.24) is 4.90 Å². The zero-order chi connectivity index (χ0) is 14.1. The molecule has 0 spiro atoms. The van der Waals surface area contributed by atoms with Crippen molar-refractivity contribution >= 4 is 18.3 Å². The zero-order valence-electron chi connectivity index (χ0n) is 12.1. The molecule has 0 aromatic heterocycles. The SMILES string of the molecule is CC1CCN(C(=O)c2ccc3c(c2)OCO3)C(CN)C1.Cl. The normalized spacial score (nSPS) is 23.6. The highest BCUT2D eigenvalue weighted by molar-refractivity contribution is 5.95. The summed E-state index contributed by atoms with van der Waals surface area (Å²) in [5.74, 6) is 2.00. The van der Waals surface area contributed by atoms with Crippen molar-refractivity contribution in [3.8, 4) is 11.5 Å². The van der Waals surface area contributed by atoms with Crippen molar-refractivity contribution < 1.29 is 14.3 Å². The summed E-state index contributed by atoms with van der Waals surface area (Å²) in [5, 5.41) is 0. The lowest BCUT2D eigenvalue weighted by molar-refractivity contribution is 0.0573. The number of ether oxygens (including phenoxy) is 2. The number of likely N-dealkylation sites (tertiary alicyclic amines) is 1. The lowest BCUT2D eigenvalue weighted by Crippen LogP contribution is -2.49. The highest BCUT2D eigenvalue weighted by Gasteiger charge is 2.30. The summed E-state index contributed by atoms with van der Waals surface area (Å²) in [4.78, 5) is 14.5. The van der Waals surface area contributed by atoms with Gasteiger partial charge < -0.3 is 20.1 Å². The summed E-state index contributed by atoms with van der Waals surface area (Å²) < 4.78 is 10.6. The number of benzene rings is 1. The molecule has 1 fully saturated rings. The van der Waals surface area contributed by atoms with E-state index in [2.05, 4.69) is 6.92 Å². The van der Waals surface area contributed by atoms with Gasteiger partial charge in [0.2, 0.25) is 6.79 Å². The molecule has 3 rings (SSSR count). The number of fused-ring (bicyclic) bond motifs is 1. The third-order valence-corrected chi connectivity index (χ3v) is 4.13. The molecule has 2 atom stereocenters. The van der Waals surface area contributed by atoms with E-state index in [1.165, 1.54) is 0 Å². The average Bonchev–Trinajstić information content (AvgIpc) is 2.93. The summed E-state index contributed by atoms with van der Waals surface area (Å²) in [7, 11) is 0. The van der Waals surface area contributed by atoms with Gasteiger partial charge in [-0.3, -0.25) is 4.79 Å². The van der Waals surface area contributed by atoms with Crippen LogP contribution in [-0.2, 0) is 0 Å². The van der Waals surface area contributed by atoms with Crippen molar-refractivity contribution in [1.29, 1.82) is 0 Å². The number of amides is 1. The second-order valence-corrected chi connectivity index (χ2v) is 5.59. The summed E-state index contributed by atoms with van der Waals surface area (Å²) in [6, 6.07) is 5.48. The number of nitrogens with two attached hydrogens (primary N) is 1. The van der Waals surface area contributed by atoms with Gasteiger partial charge in [-0.1, -0.05) is 6.92 Å². The molecule has 0 radical (unpaired) electrons. The maximum atomic E-state index is 12.6. The molecule has 2 unspecified atom stereocenters. The number of hydrogen-bond donors (Lipinski definition) is 1. The minimum Gasteiger partial charge on any atom is -0.454 e. The summed E-state index contributed by atoms with van der Waals surface area (Å²) in [5.41, 5.74) is 6.46. The predicted octanol–water partition coefficient (Wildman–Crippen LogP) is 2.04. The average molecular weight is 313 g/mol. The van der Waals surface area contributed by atoms with Gasteiger partial charge in [0.15, 0.2) is 11.5 Å². The molecule has 2 aliphatic rings. The predicted molar refractivity (Wildman–Crippen MR) is 82.1 cm³/mol. The van der Waals surface area contributed by atoms with Crippen molar-refractivity contribution in [2.45, 2.75) is 25.8 Å². The fourth-order valence-corrected chi connectivity index (χ4v) is 2.94. The Kier molecular flexibility index (Phi) is 4.96. The third kappa shape index (κ3) is 3.09. The van der Waals surface area contributed by atoms with E-state index in [4.69, 9.17) is 15.2 Å². The quantitative estimate of drug-likeness (QED) is 0.907. The van der Waals surface area contributed by atoms with Crippen molar-refractivity contribution in [2.24, 2.45) is 11.7 Å². The monoisotopic (exact) mass is 312 g/mol. The Bertz CT molecular complexity index is 524. The van der Waals surface area contributed by atoms with E-state index in [-0.39, 0.29) is 31.1 Å². The summed E-state index contributed by atoms with van der Waals surface area (Å²) in [6.45, 7) is 3.72. The van der Waals surface area contributed by atoms with Gasteiger partial charge in [0.25, 0.3) is 5.91 Å². The second kappa shape index (κ2) is 6.54. The maximum absolute atomic E-state index is 12.6. The number of carbonyl (C=O) groups excluding carboxylic acids is 1. The lowest BCUT2D eigenvalue weighted by atomic mass is 9.92. The van der Waals surface area contributed by atoms with Gasteiger partial charge in [0, 0.05) is 24.7 Å². The van der Waals surface area contributed by atoms with Crippen molar-refractivity contribution in [2.75, 3.05) is 19.9 Å². The van der Waals surface area contributed by atoms with Crippen LogP contribution in [0.1, 0.15) is 30.1 Å². The molecule has 6 heteroatoms. The second-order valence-electron chi connectivity index (χ2n) is 5.59. The van der Waals surface area contributed by atoms with E-state index < -0.39 is 0 Å². The molecular weight excluding hydrogens is 292 g/mol. The van der Waals surface area contributed by atoms with Gasteiger partial charge in [-0.25, -0.2) is 0 Å². The first-order valence-corrected chi connectivity index (χ1v) is 7.09. The Hall–Kier alpha value is -1.46. The Labute approximate surface area is 130 Å². The minimum absolute atomic E-state index is 0. The van der Waals surface area contributed by atoms with Crippen LogP contribution in [0.4, 0.5) is 0 Å². The number of halogens is 1. The van der Waals surface area contributed by atoms with Crippen LogP contribution in [0, 0.1) is 5.92 Å². The summed E-state index contributed by atoms with van der Waals surface area (Å²) >= 11 is 0. The van der Waals surface area contributed by atoms with Crippen LogP contribution in [0.15, 0.2) is 18.2 Å². The van der Waals surface area contributed by atoms with Crippen LogP contribution in [0.25, 0.3) is 0 Å². The standard InChI is InChI=1S/C15H20N2O3.ClH/c1-10-4-5-17(12(6-10)8-16)15(18)11-2-3-13-14(7-11)20-9-19-13;/h2-3,7,10,12H,4-6,8-9,16H2,1H3;1H. The van der Waals surface area contributed by atoms with Gasteiger partial charge in [-0.05, 0) is 37.0 Å². The third-order valence-electron chi connectivity index (χ3n) is 4.13. The summed E-state index contributed by atoms with van der Waals surface area (Å²) in [6.07, 6.45) is 2.01. The first-order chi connectivity index (χ1) is 9.69. The number of piperidine rings is 1. The largest absolute Gasteiger partial charge is 0.454 e. The fraction of sp³-hybridized carbons (Fsp3) is 0.533. The molecule has 5 nitrogen and oxygen atoms in total. The van der Waals surface area contributed by atoms with Crippen LogP contribution in [0.5, 0.6) is 11.5 Å². The Balaban J connectivity index is 0.00000161. The van der Waals surface area contributed by atoms with Gasteiger partial charge in [0.1, 0.15) is 0 Å². The van der Waals surface area contributed by atoms with Crippen LogP contribution in [0.3, 0.4) is 0 Å². The highest BCUT2D eigenvalue weighted by atomic mass is 35.5. The maximum Gasteiger partial charge on any atom is 0.254 e. The number of hydrogen-bond acceptors (Lipinski definition) is 4. The van der Waals surface area contributed by atoms with E-state index in [9.17, 15) is 4.79 Å². The number of carbonyl (C=O) groups is 1. The molecule has 2 aliphatic heterocycles. The van der Waals surface area contributed by atoms with Gasteiger partial charge >= 0.3 is 0 Å². The van der Waals surface area contributed by atoms with Gasteiger partial charge in [0.05, 0.1) is 0 Å². The molecule has 0 saturated carbocycles. The first kappa shape index (κ1) is 15.9. The van der Waals surface area contributed by atoms with E-state index in [1.807, 2.05) is 4.90 Å². The van der Waals surface area contributed by atoms with Crippen LogP contribution in [0.2, 0.25) is 0 Å². The Morgan fingerprint density at radius 1 is 1.38 bits per heavy atom. The molecule has 0 bridgehead atoms. The molecule has 1 saturated heterocycles. The molecule has 21 heavy (non-hydrogen) atoms. The Morgan fingerprint density at radius 2 is 2.14 bits per heavy atom. The van der Waals surface area contributed by atoms with Crippen molar-refractivity contribution in [3.63, 3.8) is 0 Å². The van der Waals surface area contributed by atoms with E-state index >= 15 is 0 Å². The zero-order valence-corrected chi connectivity index (χ0v) is 12.9. The first-order valence-electron chi connectivity index (χ1n) is 7.09. The molecule has 2 heterocycles. The molecule has 116 valence electrons. The van der Waals surface area contributed by atoms with E-state index in [0.717, 1.165) is 19.4 Å². The fourth-order valence-electron chi connectivity index (χ4n) is 2.94. The molecule has 0 aliphatic carbocycles. The topological polar surface area (TPSA) is 64.8 Å². The molecular formula is C15H21ClN2O3. The van der Waals surface area contributed by atoms with E-state index in [1.54, 1.807) is 18.2 Å². The van der Waals surface area contributed by atoms with Crippen LogP contribution >= 0.6 is 12.4 Å². The molecule has 1 aromatic carbocycles.